The molecule has 0 atom stereocenters. The summed E-state index contributed by atoms with van der Waals surface area (Å²) >= 11 is 5.20. The molecule has 0 heterocycles. The highest BCUT2D eigenvalue weighted by Crippen LogP contribution is 2.12. The molecule has 6 nitrogen and oxygen atoms in total. The van der Waals surface area contributed by atoms with Gasteiger partial charge in [-0.3, -0.25) is 9.59 Å². The number of carbonyl (C=O) groups excluding carboxylic acids is 2. The normalized spacial score (nSPS) is 10.1. The van der Waals surface area contributed by atoms with Crippen molar-refractivity contribution in [2.24, 2.45) is 0 Å². The van der Waals surface area contributed by atoms with Crippen molar-refractivity contribution in [3.63, 3.8) is 0 Å². The lowest BCUT2D eigenvalue weighted by Gasteiger charge is -2.11. The van der Waals surface area contributed by atoms with E-state index in [9.17, 15) is 9.59 Å². The summed E-state index contributed by atoms with van der Waals surface area (Å²) in [6.07, 6.45) is 2.16. The van der Waals surface area contributed by atoms with E-state index in [1.807, 2.05) is 12.1 Å². The maximum atomic E-state index is 12.2. The molecule has 0 aliphatic rings. The fraction of sp³-hybridized carbons (Fsp3) is 0.286. The van der Waals surface area contributed by atoms with Crippen molar-refractivity contribution in [1.29, 1.82) is 0 Å². The van der Waals surface area contributed by atoms with Crippen LogP contribution in [0.2, 0.25) is 0 Å². The van der Waals surface area contributed by atoms with Crippen molar-refractivity contribution in [2.45, 2.75) is 26.2 Å². The molecule has 0 aliphatic heterocycles. The van der Waals surface area contributed by atoms with Gasteiger partial charge in [-0.1, -0.05) is 31.5 Å². The van der Waals surface area contributed by atoms with Crippen molar-refractivity contribution in [3.05, 3.63) is 59.7 Å². The number of hydrogen-bond donors (Lipinski definition) is 3. The van der Waals surface area contributed by atoms with Crippen molar-refractivity contribution >= 4 is 34.8 Å². The van der Waals surface area contributed by atoms with Crippen molar-refractivity contribution in [3.8, 4) is 5.75 Å². The van der Waals surface area contributed by atoms with Crippen LogP contribution in [0.3, 0.4) is 0 Å². The van der Waals surface area contributed by atoms with Gasteiger partial charge in [0.1, 0.15) is 5.75 Å². The Bertz CT molecular complexity index is 822. The van der Waals surface area contributed by atoms with Gasteiger partial charge in [0.25, 0.3) is 5.91 Å². The van der Waals surface area contributed by atoms with E-state index in [4.69, 9.17) is 17.0 Å². The topological polar surface area (TPSA) is 79.5 Å². The highest BCUT2D eigenvalue weighted by Gasteiger charge is 2.09. The summed E-state index contributed by atoms with van der Waals surface area (Å²) in [4.78, 5) is 24.3. The van der Waals surface area contributed by atoms with Crippen LogP contribution in [0.1, 0.15) is 35.7 Å². The molecule has 2 aromatic carbocycles. The van der Waals surface area contributed by atoms with Crippen LogP contribution in [0.15, 0.2) is 48.5 Å². The van der Waals surface area contributed by atoms with Crippen LogP contribution >= 0.6 is 12.2 Å². The van der Waals surface area contributed by atoms with Gasteiger partial charge in [0.15, 0.2) is 5.11 Å². The summed E-state index contributed by atoms with van der Waals surface area (Å²) in [5, 5.41) is 8.64. The van der Waals surface area contributed by atoms with E-state index in [0.717, 1.165) is 24.2 Å². The minimum absolute atomic E-state index is 0.133. The average molecular weight is 400 g/mol. The summed E-state index contributed by atoms with van der Waals surface area (Å²) in [5.74, 6) is 0.377. The molecule has 2 amide bonds. The quantitative estimate of drug-likeness (QED) is 0.469. The molecule has 0 aromatic heterocycles. The number of thiocarbonyl (C=S) groups is 1. The molecule has 0 unspecified atom stereocenters. The number of unbranched alkanes of at least 4 members (excludes halogenated alkanes) is 1. The minimum Gasteiger partial charge on any atom is -0.497 e. The number of nitrogens with one attached hydrogen (secondary N) is 3. The highest BCUT2D eigenvalue weighted by atomic mass is 32.1. The first-order valence-corrected chi connectivity index (χ1v) is 9.54. The van der Waals surface area contributed by atoms with E-state index < -0.39 is 0 Å². The number of ether oxygens (including phenoxy) is 1. The second-order valence-corrected chi connectivity index (χ2v) is 6.63. The minimum atomic E-state index is -0.226. The predicted molar refractivity (Wildman–Crippen MR) is 115 cm³/mol. The second kappa shape index (κ2) is 11.0. The van der Waals surface area contributed by atoms with Crippen LogP contribution in [0, 0.1) is 0 Å². The lowest BCUT2D eigenvalue weighted by atomic mass is 10.1. The lowest BCUT2D eigenvalue weighted by molar-refractivity contribution is -0.119. The zero-order valence-electron chi connectivity index (χ0n) is 16.1. The molecule has 0 spiro atoms. The summed E-state index contributed by atoms with van der Waals surface area (Å²) in [6, 6.07) is 14.2. The first kappa shape index (κ1) is 21.4. The van der Waals surface area contributed by atoms with Gasteiger partial charge in [-0.15, -0.1) is 0 Å². The van der Waals surface area contributed by atoms with Crippen LogP contribution in [0.5, 0.6) is 5.75 Å². The summed E-state index contributed by atoms with van der Waals surface area (Å²) in [5.41, 5.74) is 2.03. The summed E-state index contributed by atoms with van der Waals surface area (Å²) in [6.45, 7) is 2.72. The Morgan fingerprint density at radius 3 is 2.54 bits per heavy atom. The van der Waals surface area contributed by atoms with Gasteiger partial charge in [-0.25, -0.2) is 0 Å². The summed E-state index contributed by atoms with van der Waals surface area (Å²) < 4.78 is 5.10. The number of amides is 2. The van der Waals surface area contributed by atoms with Gasteiger partial charge in [-0.05, 0) is 54.5 Å². The Hall–Kier alpha value is -2.93. The Morgan fingerprint density at radius 2 is 1.86 bits per heavy atom. The second-order valence-electron chi connectivity index (χ2n) is 6.22. The van der Waals surface area contributed by atoms with E-state index in [1.165, 1.54) is 0 Å². The average Bonchev–Trinajstić information content (AvgIpc) is 2.68. The Labute approximate surface area is 170 Å². The van der Waals surface area contributed by atoms with Gasteiger partial charge >= 0.3 is 0 Å². The molecular formula is C21H25N3O3S. The third-order valence-electron chi connectivity index (χ3n) is 3.98. The molecule has 0 bridgehead atoms. The van der Waals surface area contributed by atoms with E-state index >= 15 is 0 Å². The molecule has 0 saturated carbocycles. The fourth-order valence-corrected chi connectivity index (χ4v) is 2.71. The largest absolute Gasteiger partial charge is 0.497 e. The van der Waals surface area contributed by atoms with E-state index in [2.05, 4.69) is 22.9 Å². The summed E-state index contributed by atoms with van der Waals surface area (Å²) in [7, 11) is 1.59. The smallest absolute Gasteiger partial charge is 0.251 e. The maximum absolute atomic E-state index is 12.2. The third kappa shape index (κ3) is 7.00. The first-order chi connectivity index (χ1) is 13.5. The Morgan fingerprint density at radius 1 is 1.11 bits per heavy atom. The Kier molecular flexibility index (Phi) is 8.42. The van der Waals surface area contributed by atoms with Gasteiger partial charge in [0.05, 0.1) is 13.5 Å². The number of hydrogen-bond acceptors (Lipinski definition) is 4. The third-order valence-corrected chi connectivity index (χ3v) is 4.18. The standard InChI is InChI=1S/C21H25N3O3S/c1-3-4-12-22-20(26)16-6-5-7-17(14-16)23-21(28)24-19(25)13-15-8-10-18(27-2)11-9-15/h5-11,14H,3-4,12-13H2,1-2H3,(H,22,26)(H2,23,24,25,28). The maximum Gasteiger partial charge on any atom is 0.251 e. The van der Waals surface area contributed by atoms with E-state index in [1.54, 1.807) is 43.5 Å². The number of benzene rings is 2. The van der Waals surface area contributed by atoms with Crippen molar-refractivity contribution in [1.82, 2.24) is 10.6 Å². The van der Waals surface area contributed by atoms with Gasteiger partial charge in [-0.2, -0.15) is 0 Å². The molecule has 2 aromatic rings. The highest BCUT2D eigenvalue weighted by molar-refractivity contribution is 7.80. The monoisotopic (exact) mass is 399 g/mol. The molecule has 0 radical (unpaired) electrons. The molecule has 0 saturated heterocycles. The fourth-order valence-electron chi connectivity index (χ4n) is 2.48. The lowest BCUT2D eigenvalue weighted by Crippen LogP contribution is -2.35. The number of methoxy groups -OCH3 is 1. The SMILES string of the molecule is CCCCNC(=O)c1cccc(NC(=S)NC(=O)Cc2ccc(OC)cc2)c1. The van der Waals surface area contributed by atoms with Crippen LogP contribution < -0.4 is 20.7 Å². The van der Waals surface area contributed by atoms with Gasteiger partial charge < -0.3 is 20.7 Å². The first-order valence-electron chi connectivity index (χ1n) is 9.14. The number of carbonyl (C=O) groups is 2. The molecule has 0 aliphatic carbocycles. The zero-order valence-corrected chi connectivity index (χ0v) is 16.9. The van der Waals surface area contributed by atoms with Crippen LogP contribution in [-0.2, 0) is 11.2 Å². The van der Waals surface area contributed by atoms with E-state index in [0.29, 0.717) is 17.8 Å². The number of rotatable bonds is 8. The molecular weight excluding hydrogens is 374 g/mol. The molecule has 28 heavy (non-hydrogen) atoms. The molecule has 7 heteroatoms. The predicted octanol–water partition coefficient (Wildman–Crippen LogP) is 3.28. The van der Waals surface area contributed by atoms with Crippen LogP contribution in [0.4, 0.5) is 5.69 Å². The zero-order chi connectivity index (χ0) is 20.4. The van der Waals surface area contributed by atoms with Crippen LogP contribution in [-0.4, -0.2) is 30.6 Å². The number of anilines is 1. The van der Waals surface area contributed by atoms with Crippen molar-refractivity contribution < 1.29 is 14.3 Å². The molecule has 3 N–H and O–H groups in total. The Balaban J connectivity index is 1.87. The van der Waals surface area contributed by atoms with Crippen LogP contribution in [0.25, 0.3) is 0 Å². The van der Waals surface area contributed by atoms with Gasteiger partial charge in [0.2, 0.25) is 5.91 Å². The van der Waals surface area contributed by atoms with Crippen molar-refractivity contribution in [2.75, 3.05) is 19.0 Å². The molecule has 0 fully saturated rings. The molecule has 148 valence electrons. The van der Waals surface area contributed by atoms with Gasteiger partial charge in [0, 0.05) is 17.8 Å². The molecule has 2 rings (SSSR count). The van der Waals surface area contributed by atoms with E-state index in [-0.39, 0.29) is 23.3 Å².